The molecule has 0 aromatic carbocycles. The van der Waals surface area contributed by atoms with Crippen molar-refractivity contribution in [3.05, 3.63) is 34.4 Å². The number of anilines is 1. The first-order valence-electron chi connectivity index (χ1n) is 4.73. The molecule has 0 spiro atoms. The maximum Gasteiger partial charge on any atom is 0.251 e. The third-order valence-electron chi connectivity index (χ3n) is 1.81. The minimum Gasteiger partial charge on any atom is -0.301 e. The van der Waals surface area contributed by atoms with Crippen LogP contribution in [0.5, 0.6) is 0 Å². The number of hydrazine groups is 1. The van der Waals surface area contributed by atoms with Crippen LogP contribution in [0.1, 0.15) is 5.69 Å². The summed E-state index contributed by atoms with van der Waals surface area (Å²) in [6, 6.07) is 3.13. The van der Waals surface area contributed by atoms with E-state index in [0.29, 0.717) is 21.8 Å². The molecule has 2 aromatic rings. The van der Waals surface area contributed by atoms with E-state index in [0.717, 1.165) is 0 Å². The monoisotopic (exact) mass is 250 g/mol. The Bertz CT molecular complexity index is 584. The summed E-state index contributed by atoms with van der Waals surface area (Å²) in [5.41, 5.74) is 2.81. The van der Waals surface area contributed by atoms with E-state index in [2.05, 4.69) is 25.4 Å². The SMILES string of the molecule is Cc1cc(=O)[nH]c(Sc2ccnc(NN)n2)n1. The number of nitrogens with two attached hydrogens (primary N) is 1. The van der Waals surface area contributed by atoms with Gasteiger partial charge in [0.05, 0.1) is 0 Å². The number of nitrogens with zero attached hydrogens (tertiary/aromatic N) is 3. The van der Waals surface area contributed by atoms with Gasteiger partial charge in [-0.25, -0.2) is 20.8 Å². The van der Waals surface area contributed by atoms with Crippen LogP contribution in [0.4, 0.5) is 5.95 Å². The van der Waals surface area contributed by atoms with E-state index in [9.17, 15) is 4.79 Å². The van der Waals surface area contributed by atoms with Gasteiger partial charge in [-0.1, -0.05) is 0 Å². The van der Waals surface area contributed by atoms with Gasteiger partial charge in [0.2, 0.25) is 5.95 Å². The number of aromatic nitrogens is 4. The highest BCUT2D eigenvalue weighted by atomic mass is 32.2. The van der Waals surface area contributed by atoms with Gasteiger partial charge in [-0.15, -0.1) is 0 Å². The molecule has 2 rings (SSSR count). The molecule has 7 nitrogen and oxygen atoms in total. The van der Waals surface area contributed by atoms with Crippen LogP contribution in [0.15, 0.2) is 33.3 Å². The predicted molar refractivity (Wildman–Crippen MR) is 63.6 cm³/mol. The Morgan fingerprint density at radius 2 is 2.29 bits per heavy atom. The zero-order chi connectivity index (χ0) is 12.3. The van der Waals surface area contributed by atoms with Gasteiger partial charge in [0.15, 0.2) is 5.16 Å². The fourth-order valence-corrected chi connectivity index (χ4v) is 1.97. The molecule has 0 aliphatic carbocycles. The Labute approximate surface area is 101 Å². The van der Waals surface area contributed by atoms with Crippen LogP contribution < -0.4 is 16.8 Å². The lowest BCUT2D eigenvalue weighted by molar-refractivity contribution is 0.900. The Morgan fingerprint density at radius 3 is 3.00 bits per heavy atom. The van der Waals surface area contributed by atoms with Crippen LogP contribution in [0.25, 0.3) is 0 Å². The number of aryl methyl sites for hydroxylation is 1. The first-order chi connectivity index (χ1) is 8.17. The van der Waals surface area contributed by atoms with Crippen molar-refractivity contribution in [1.29, 1.82) is 0 Å². The van der Waals surface area contributed by atoms with Gasteiger partial charge in [-0.05, 0) is 24.8 Å². The van der Waals surface area contributed by atoms with E-state index in [1.807, 2.05) is 0 Å². The predicted octanol–water partition coefficient (Wildman–Crippen LogP) is 0.305. The smallest absolute Gasteiger partial charge is 0.251 e. The van der Waals surface area contributed by atoms with E-state index in [1.165, 1.54) is 17.8 Å². The Morgan fingerprint density at radius 1 is 1.47 bits per heavy atom. The van der Waals surface area contributed by atoms with Crippen LogP contribution in [0, 0.1) is 6.92 Å². The number of nitrogen functional groups attached to an aromatic ring is 1. The number of aromatic amines is 1. The molecule has 0 aliphatic rings. The van der Waals surface area contributed by atoms with Gasteiger partial charge in [-0.2, -0.15) is 0 Å². The van der Waals surface area contributed by atoms with Crippen molar-refractivity contribution in [2.75, 3.05) is 5.43 Å². The molecule has 8 heteroatoms. The summed E-state index contributed by atoms with van der Waals surface area (Å²) in [6.07, 6.45) is 1.57. The van der Waals surface area contributed by atoms with Crippen molar-refractivity contribution in [2.45, 2.75) is 17.1 Å². The highest BCUT2D eigenvalue weighted by Crippen LogP contribution is 2.21. The van der Waals surface area contributed by atoms with Crippen molar-refractivity contribution in [3.8, 4) is 0 Å². The normalized spacial score (nSPS) is 10.2. The lowest BCUT2D eigenvalue weighted by Gasteiger charge is -2.02. The molecule has 0 unspecified atom stereocenters. The van der Waals surface area contributed by atoms with Crippen molar-refractivity contribution in [2.24, 2.45) is 5.84 Å². The molecule has 4 N–H and O–H groups in total. The Hall–Kier alpha value is -1.93. The summed E-state index contributed by atoms with van der Waals surface area (Å²) in [5, 5.41) is 1.12. The number of rotatable bonds is 3. The lowest BCUT2D eigenvalue weighted by Crippen LogP contribution is -2.10. The molecule has 0 fully saturated rings. The van der Waals surface area contributed by atoms with E-state index in [-0.39, 0.29) is 5.56 Å². The van der Waals surface area contributed by atoms with Crippen molar-refractivity contribution >= 4 is 17.7 Å². The minimum absolute atomic E-state index is 0.189. The average molecular weight is 250 g/mol. The number of hydrogen-bond acceptors (Lipinski definition) is 7. The summed E-state index contributed by atoms with van der Waals surface area (Å²) >= 11 is 1.23. The van der Waals surface area contributed by atoms with Crippen LogP contribution in [0.2, 0.25) is 0 Å². The summed E-state index contributed by atoms with van der Waals surface area (Å²) in [4.78, 5) is 26.0. The molecule has 17 heavy (non-hydrogen) atoms. The average Bonchev–Trinajstić information content (AvgIpc) is 2.28. The lowest BCUT2D eigenvalue weighted by atomic mass is 10.5. The molecular weight excluding hydrogens is 240 g/mol. The minimum atomic E-state index is -0.189. The Balaban J connectivity index is 2.27. The van der Waals surface area contributed by atoms with Crippen LogP contribution >= 0.6 is 11.8 Å². The maximum atomic E-state index is 11.3. The van der Waals surface area contributed by atoms with E-state index >= 15 is 0 Å². The first kappa shape index (κ1) is 11.6. The van der Waals surface area contributed by atoms with Gasteiger partial charge in [-0.3, -0.25) is 10.2 Å². The number of hydrogen-bond donors (Lipinski definition) is 3. The first-order valence-corrected chi connectivity index (χ1v) is 5.54. The molecule has 0 saturated carbocycles. The van der Waals surface area contributed by atoms with Gasteiger partial charge >= 0.3 is 0 Å². The second-order valence-corrected chi connectivity index (χ2v) is 4.17. The number of H-pyrrole nitrogens is 1. The van der Waals surface area contributed by atoms with Gasteiger partial charge in [0.25, 0.3) is 5.56 Å². The van der Waals surface area contributed by atoms with Gasteiger partial charge in [0, 0.05) is 18.0 Å². The molecule has 2 aromatic heterocycles. The molecule has 0 atom stereocenters. The third-order valence-corrected chi connectivity index (χ3v) is 2.63. The summed E-state index contributed by atoms with van der Waals surface area (Å²) in [5.74, 6) is 5.51. The number of nitrogens with one attached hydrogen (secondary N) is 2. The third kappa shape index (κ3) is 3.02. The molecular formula is C9H10N6OS. The van der Waals surface area contributed by atoms with Crippen molar-refractivity contribution in [3.63, 3.8) is 0 Å². The van der Waals surface area contributed by atoms with E-state index in [4.69, 9.17) is 5.84 Å². The highest BCUT2D eigenvalue weighted by molar-refractivity contribution is 7.99. The zero-order valence-corrected chi connectivity index (χ0v) is 9.78. The van der Waals surface area contributed by atoms with E-state index in [1.54, 1.807) is 19.2 Å². The highest BCUT2D eigenvalue weighted by Gasteiger charge is 2.04. The van der Waals surface area contributed by atoms with Crippen LogP contribution in [-0.4, -0.2) is 19.9 Å². The van der Waals surface area contributed by atoms with E-state index < -0.39 is 0 Å². The van der Waals surface area contributed by atoms with Crippen LogP contribution in [-0.2, 0) is 0 Å². The molecule has 0 aliphatic heterocycles. The largest absolute Gasteiger partial charge is 0.301 e. The summed E-state index contributed by atoms with van der Waals surface area (Å²) in [6.45, 7) is 1.76. The molecule has 88 valence electrons. The molecule has 0 radical (unpaired) electrons. The molecule has 0 amide bonds. The standard InChI is InChI=1S/C9H10N6OS/c1-5-4-6(16)13-9(12-5)17-7-2-3-11-8(14-7)15-10/h2-4H,10H2,1H3,(H,11,14,15)(H,12,13,16). The Kier molecular flexibility index (Phi) is 3.35. The second kappa shape index (κ2) is 4.93. The van der Waals surface area contributed by atoms with Crippen molar-refractivity contribution < 1.29 is 0 Å². The molecule has 2 heterocycles. The molecule has 0 saturated heterocycles. The fraction of sp³-hybridized carbons (Fsp3) is 0.111. The summed E-state index contributed by atoms with van der Waals surface area (Å²) in [7, 11) is 0. The maximum absolute atomic E-state index is 11.3. The fourth-order valence-electron chi connectivity index (χ4n) is 1.17. The quantitative estimate of drug-likeness (QED) is 0.311. The van der Waals surface area contributed by atoms with Crippen LogP contribution in [0.3, 0.4) is 0 Å². The summed E-state index contributed by atoms with van der Waals surface area (Å²) < 4.78 is 0. The topological polar surface area (TPSA) is 110 Å². The van der Waals surface area contributed by atoms with Gasteiger partial charge in [0.1, 0.15) is 5.03 Å². The van der Waals surface area contributed by atoms with Gasteiger partial charge < -0.3 is 4.98 Å². The van der Waals surface area contributed by atoms with Crippen molar-refractivity contribution in [1.82, 2.24) is 19.9 Å². The zero-order valence-electron chi connectivity index (χ0n) is 8.97. The second-order valence-electron chi connectivity index (χ2n) is 3.16. The molecule has 0 bridgehead atoms.